The maximum absolute atomic E-state index is 12.6. The molecule has 0 aromatic heterocycles. The van der Waals surface area contributed by atoms with Gasteiger partial charge in [0.2, 0.25) is 0 Å². The molecule has 2 aromatic carbocycles. The predicted molar refractivity (Wildman–Crippen MR) is 107 cm³/mol. The molecule has 8 heteroatoms. The molecule has 0 saturated carbocycles. The number of methoxy groups -OCH3 is 1. The second-order valence-electron chi connectivity index (χ2n) is 6.45. The summed E-state index contributed by atoms with van der Waals surface area (Å²) in [5, 5.41) is 13.9. The Morgan fingerprint density at radius 1 is 1.17 bits per heavy atom. The molecule has 2 rings (SSSR count). The van der Waals surface area contributed by atoms with Gasteiger partial charge in [-0.1, -0.05) is 43.7 Å². The standard InChI is InChI=1S/C21H24N2O6/c1-4-8-18(15-9-6-5-7-10-15)22-20(24)14(2)29-21(25)17-13-16(23(26)27)11-12-19(17)28-3/h5-7,9-14,18H,4,8H2,1-3H3,(H,22,24)/t14-,18-/m0/s1. The van der Waals surface area contributed by atoms with Crippen molar-refractivity contribution in [3.63, 3.8) is 0 Å². The van der Waals surface area contributed by atoms with E-state index in [0.717, 1.165) is 24.5 Å². The second-order valence-corrected chi connectivity index (χ2v) is 6.45. The molecule has 0 spiro atoms. The molecule has 0 aliphatic rings. The number of non-ortho nitro benzene ring substituents is 1. The Labute approximate surface area is 169 Å². The summed E-state index contributed by atoms with van der Waals surface area (Å²) in [6, 6.07) is 12.9. The lowest BCUT2D eigenvalue weighted by atomic mass is 10.0. The number of rotatable bonds is 9. The molecule has 8 nitrogen and oxygen atoms in total. The largest absolute Gasteiger partial charge is 0.496 e. The fourth-order valence-corrected chi connectivity index (χ4v) is 2.83. The van der Waals surface area contributed by atoms with Crippen molar-refractivity contribution in [2.75, 3.05) is 7.11 Å². The van der Waals surface area contributed by atoms with Gasteiger partial charge < -0.3 is 14.8 Å². The van der Waals surface area contributed by atoms with E-state index < -0.39 is 22.9 Å². The van der Waals surface area contributed by atoms with Crippen LogP contribution in [0.5, 0.6) is 5.75 Å². The lowest BCUT2D eigenvalue weighted by Crippen LogP contribution is -2.38. The first-order chi connectivity index (χ1) is 13.9. The zero-order valence-corrected chi connectivity index (χ0v) is 16.6. The SMILES string of the molecule is CCC[C@H](NC(=O)[C@H](C)OC(=O)c1cc([N+](=O)[O-])ccc1OC)c1ccccc1. The highest BCUT2D eigenvalue weighted by molar-refractivity contribution is 5.95. The van der Waals surface area contributed by atoms with E-state index >= 15 is 0 Å². The minimum atomic E-state index is -1.09. The van der Waals surface area contributed by atoms with Crippen LogP contribution in [0.2, 0.25) is 0 Å². The van der Waals surface area contributed by atoms with Gasteiger partial charge in [-0.2, -0.15) is 0 Å². The smallest absolute Gasteiger partial charge is 0.342 e. The van der Waals surface area contributed by atoms with Gasteiger partial charge in [-0.05, 0) is 25.0 Å². The number of nitrogens with one attached hydrogen (secondary N) is 1. The molecule has 0 heterocycles. The van der Waals surface area contributed by atoms with Crippen LogP contribution in [-0.2, 0) is 9.53 Å². The van der Waals surface area contributed by atoms with Gasteiger partial charge in [0.05, 0.1) is 18.1 Å². The van der Waals surface area contributed by atoms with E-state index in [9.17, 15) is 19.7 Å². The number of ether oxygens (including phenoxy) is 2. The molecule has 0 unspecified atom stereocenters. The lowest BCUT2D eigenvalue weighted by Gasteiger charge is -2.21. The van der Waals surface area contributed by atoms with E-state index in [1.165, 1.54) is 26.2 Å². The number of benzene rings is 2. The molecule has 0 fully saturated rings. The first-order valence-electron chi connectivity index (χ1n) is 9.26. The van der Waals surface area contributed by atoms with E-state index in [1.807, 2.05) is 37.3 Å². The number of esters is 1. The highest BCUT2D eigenvalue weighted by Crippen LogP contribution is 2.25. The molecular formula is C21H24N2O6. The van der Waals surface area contributed by atoms with Crippen LogP contribution >= 0.6 is 0 Å². The van der Waals surface area contributed by atoms with Gasteiger partial charge in [-0.15, -0.1) is 0 Å². The third kappa shape index (κ3) is 5.78. The Morgan fingerprint density at radius 2 is 1.86 bits per heavy atom. The molecule has 0 saturated heterocycles. The summed E-state index contributed by atoms with van der Waals surface area (Å²) in [5.41, 5.74) is 0.568. The third-order valence-electron chi connectivity index (χ3n) is 4.36. The van der Waals surface area contributed by atoms with Crippen LogP contribution < -0.4 is 10.1 Å². The highest BCUT2D eigenvalue weighted by Gasteiger charge is 2.25. The van der Waals surface area contributed by atoms with Crippen LogP contribution in [0, 0.1) is 10.1 Å². The van der Waals surface area contributed by atoms with Crippen molar-refractivity contribution in [2.45, 2.75) is 38.8 Å². The monoisotopic (exact) mass is 400 g/mol. The predicted octanol–water partition coefficient (Wildman–Crippen LogP) is 3.81. The normalized spacial score (nSPS) is 12.5. The van der Waals surface area contributed by atoms with E-state index in [2.05, 4.69) is 5.32 Å². The summed E-state index contributed by atoms with van der Waals surface area (Å²) in [6.45, 7) is 3.46. The molecule has 0 aliphatic carbocycles. The molecular weight excluding hydrogens is 376 g/mol. The molecule has 1 N–H and O–H groups in total. The first kappa shape index (κ1) is 21.9. The van der Waals surface area contributed by atoms with Crippen LogP contribution in [0.15, 0.2) is 48.5 Å². The van der Waals surface area contributed by atoms with Gasteiger partial charge in [0.15, 0.2) is 6.10 Å². The van der Waals surface area contributed by atoms with E-state index in [0.29, 0.717) is 0 Å². The van der Waals surface area contributed by atoms with Crippen molar-refractivity contribution in [3.8, 4) is 5.75 Å². The topological polar surface area (TPSA) is 108 Å². The quantitative estimate of drug-likeness (QED) is 0.390. The molecule has 0 aliphatic heterocycles. The zero-order chi connectivity index (χ0) is 21.4. The Hall–Kier alpha value is -3.42. The Morgan fingerprint density at radius 3 is 2.45 bits per heavy atom. The summed E-state index contributed by atoms with van der Waals surface area (Å²) >= 11 is 0. The van der Waals surface area contributed by atoms with Crippen LogP contribution in [0.3, 0.4) is 0 Å². The Balaban J connectivity index is 2.11. The molecule has 154 valence electrons. The van der Waals surface area contributed by atoms with Crippen LogP contribution in [0.4, 0.5) is 5.69 Å². The van der Waals surface area contributed by atoms with E-state index in [1.54, 1.807) is 0 Å². The van der Waals surface area contributed by atoms with Crippen molar-refractivity contribution in [3.05, 3.63) is 69.8 Å². The zero-order valence-electron chi connectivity index (χ0n) is 16.6. The average molecular weight is 400 g/mol. The highest BCUT2D eigenvalue weighted by atomic mass is 16.6. The minimum Gasteiger partial charge on any atom is -0.496 e. The molecule has 2 atom stereocenters. The van der Waals surface area contributed by atoms with Gasteiger partial charge in [0.1, 0.15) is 11.3 Å². The van der Waals surface area contributed by atoms with E-state index in [4.69, 9.17) is 9.47 Å². The van der Waals surface area contributed by atoms with Gasteiger partial charge in [0, 0.05) is 12.1 Å². The number of nitro benzene ring substituents is 1. The van der Waals surface area contributed by atoms with Gasteiger partial charge >= 0.3 is 5.97 Å². The number of nitrogens with zero attached hydrogens (tertiary/aromatic N) is 1. The van der Waals surface area contributed by atoms with Gasteiger partial charge in [-0.3, -0.25) is 14.9 Å². The summed E-state index contributed by atoms with van der Waals surface area (Å²) < 4.78 is 10.3. The van der Waals surface area contributed by atoms with Crippen molar-refractivity contribution >= 4 is 17.6 Å². The molecule has 0 bridgehead atoms. The summed E-state index contributed by atoms with van der Waals surface area (Å²) in [4.78, 5) is 35.4. The van der Waals surface area contributed by atoms with Crippen molar-refractivity contribution in [1.82, 2.24) is 5.32 Å². The summed E-state index contributed by atoms with van der Waals surface area (Å²) in [7, 11) is 1.34. The Kier molecular flexibility index (Phi) is 7.70. The Bertz CT molecular complexity index is 869. The number of amides is 1. The maximum Gasteiger partial charge on any atom is 0.342 e. The lowest BCUT2D eigenvalue weighted by molar-refractivity contribution is -0.384. The van der Waals surface area contributed by atoms with E-state index in [-0.39, 0.29) is 23.0 Å². The number of carbonyl (C=O) groups is 2. The fraction of sp³-hybridized carbons (Fsp3) is 0.333. The molecule has 2 aromatic rings. The minimum absolute atomic E-state index is 0.116. The fourth-order valence-electron chi connectivity index (χ4n) is 2.83. The number of carbonyl (C=O) groups excluding carboxylic acids is 2. The van der Waals surface area contributed by atoms with Crippen LogP contribution in [-0.4, -0.2) is 30.0 Å². The molecule has 0 radical (unpaired) electrons. The molecule has 29 heavy (non-hydrogen) atoms. The second kappa shape index (κ2) is 10.2. The van der Waals surface area contributed by atoms with Crippen LogP contribution in [0.25, 0.3) is 0 Å². The summed E-state index contributed by atoms with van der Waals surface area (Å²) in [6.07, 6.45) is 0.503. The van der Waals surface area contributed by atoms with Crippen LogP contribution in [0.1, 0.15) is 48.7 Å². The first-order valence-corrected chi connectivity index (χ1v) is 9.26. The number of hydrogen-bond donors (Lipinski definition) is 1. The van der Waals surface area contributed by atoms with Crippen molar-refractivity contribution < 1.29 is 24.0 Å². The van der Waals surface area contributed by atoms with Crippen molar-refractivity contribution in [1.29, 1.82) is 0 Å². The number of nitro groups is 1. The maximum atomic E-state index is 12.6. The van der Waals surface area contributed by atoms with Gasteiger partial charge in [0.25, 0.3) is 11.6 Å². The number of hydrogen-bond acceptors (Lipinski definition) is 6. The molecule has 1 amide bonds. The average Bonchev–Trinajstić information content (AvgIpc) is 2.73. The van der Waals surface area contributed by atoms with Gasteiger partial charge in [-0.25, -0.2) is 4.79 Å². The van der Waals surface area contributed by atoms with Crippen molar-refractivity contribution in [2.24, 2.45) is 0 Å². The summed E-state index contributed by atoms with van der Waals surface area (Å²) in [5.74, 6) is -1.20. The third-order valence-corrected chi connectivity index (χ3v) is 4.36.